The molecule has 126 valence electrons. The SMILES string of the molecule is CCN1C[C@@H](C)[C@H](NS(=O)(=O)c2ccc3c(c2)CCC(=O)N3)C1. The molecule has 0 radical (unpaired) electrons. The molecule has 0 bridgehead atoms. The lowest BCUT2D eigenvalue weighted by Crippen LogP contribution is -2.39. The fourth-order valence-corrected chi connectivity index (χ4v) is 4.66. The molecule has 1 saturated heterocycles. The van der Waals surface area contributed by atoms with Crippen molar-refractivity contribution in [2.24, 2.45) is 5.92 Å². The predicted molar refractivity (Wildman–Crippen MR) is 88.8 cm³/mol. The van der Waals surface area contributed by atoms with Crippen LogP contribution in [0.25, 0.3) is 0 Å². The third kappa shape index (κ3) is 3.41. The fourth-order valence-electron chi connectivity index (χ4n) is 3.27. The number of rotatable bonds is 4. The van der Waals surface area contributed by atoms with Crippen LogP contribution in [0.15, 0.2) is 23.1 Å². The van der Waals surface area contributed by atoms with Gasteiger partial charge in [-0.25, -0.2) is 13.1 Å². The summed E-state index contributed by atoms with van der Waals surface area (Å²) in [6, 6.07) is 4.85. The quantitative estimate of drug-likeness (QED) is 0.865. The summed E-state index contributed by atoms with van der Waals surface area (Å²) < 4.78 is 28.2. The number of carbonyl (C=O) groups excluding carboxylic acids is 1. The van der Waals surface area contributed by atoms with Gasteiger partial charge in [-0.15, -0.1) is 0 Å². The fraction of sp³-hybridized carbons (Fsp3) is 0.562. The van der Waals surface area contributed by atoms with Crippen LogP contribution < -0.4 is 10.0 Å². The van der Waals surface area contributed by atoms with E-state index in [1.54, 1.807) is 18.2 Å². The van der Waals surface area contributed by atoms with Crippen LogP contribution in [0.2, 0.25) is 0 Å². The summed E-state index contributed by atoms with van der Waals surface area (Å²) in [6.07, 6.45) is 0.975. The van der Waals surface area contributed by atoms with Crippen molar-refractivity contribution in [1.82, 2.24) is 9.62 Å². The van der Waals surface area contributed by atoms with E-state index in [0.29, 0.717) is 24.4 Å². The molecule has 1 aromatic carbocycles. The number of nitrogens with zero attached hydrogens (tertiary/aromatic N) is 1. The minimum absolute atomic E-state index is 0.0225. The second-order valence-electron chi connectivity index (χ2n) is 6.42. The van der Waals surface area contributed by atoms with Crippen LogP contribution in [0, 0.1) is 5.92 Å². The standard InChI is InChI=1S/C16H23N3O3S/c1-3-19-9-11(2)15(10-19)18-23(21,22)13-5-6-14-12(8-13)4-7-16(20)17-14/h5-6,8,11,15,18H,3-4,7,9-10H2,1-2H3,(H,17,20)/t11-,15-/m1/s1. The minimum atomic E-state index is -3.54. The Labute approximate surface area is 137 Å². The number of likely N-dealkylation sites (tertiary alicyclic amines) is 1. The normalized spacial score (nSPS) is 25.2. The molecule has 2 heterocycles. The summed E-state index contributed by atoms with van der Waals surface area (Å²) >= 11 is 0. The second-order valence-corrected chi connectivity index (χ2v) is 8.14. The number of fused-ring (bicyclic) bond motifs is 1. The molecule has 2 N–H and O–H groups in total. The van der Waals surface area contributed by atoms with E-state index >= 15 is 0 Å². The smallest absolute Gasteiger partial charge is 0.240 e. The van der Waals surface area contributed by atoms with Gasteiger partial charge in [0.2, 0.25) is 15.9 Å². The number of hydrogen-bond acceptors (Lipinski definition) is 4. The zero-order chi connectivity index (χ0) is 16.6. The summed E-state index contributed by atoms with van der Waals surface area (Å²) in [5, 5.41) is 2.77. The van der Waals surface area contributed by atoms with Crippen LogP contribution in [0.1, 0.15) is 25.8 Å². The summed E-state index contributed by atoms with van der Waals surface area (Å²) in [4.78, 5) is 13.9. The van der Waals surface area contributed by atoms with Crippen LogP contribution in [0.5, 0.6) is 0 Å². The van der Waals surface area contributed by atoms with Crippen molar-refractivity contribution < 1.29 is 13.2 Å². The lowest BCUT2D eigenvalue weighted by atomic mass is 10.0. The lowest BCUT2D eigenvalue weighted by Gasteiger charge is -2.20. The van der Waals surface area contributed by atoms with Gasteiger partial charge in [-0.3, -0.25) is 4.79 Å². The largest absolute Gasteiger partial charge is 0.326 e. The Bertz CT molecular complexity index is 717. The minimum Gasteiger partial charge on any atom is -0.326 e. The Kier molecular flexibility index (Phi) is 4.44. The van der Waals surface area contributed by atoms with Crippen molar-refractivity contribution in [3.63, 3.8) is 0 Å². The number of aryl methyl sites for hydroxylation is 1. The summed E-state index contributed by atoms with van der Waals surface area (Å²) in [6.45, 7) is 6.76. The summed E-state index contributed by atoms with van der Waals surface area (Å²) in [7, 11) is -3.54. The summed E-state index contributed by atoms with van der Waals surface area (Å²) in [5.41, 5.74) is 1.59. The van der Waals surface area contributed by atoms with E-state index in [4.69, 9.17) is 0 Å². The second kappa shape index (κ2) is 6.22. The maximum absolute atomic E-state index is 12.7. The van der Waals surface area contributed by atoms with E-state index in [2.05, 4.69) is 28.8 Å². The maximum Gasteiger partial charge on any atom is 0.240 e. The van der Waals surface area contributed by atoms with E-state index in [1.807, 2.05) is 0 Å². The number of likely N-dealkylation sites (N-methyl/N-ethyl adjacent to an activating group) is 1. The molecule has 6 nitrogen and oxygen atoms in total. The Hall–Kier alpha value is -1.44. The number of nitrogens with one attached hydrogen (secondary N) is 2. The number of amides is 1. The van der Waals surface area contributed by atoms with Gasteiger partial charge in [0.15, 0.2) is 0 Å². The highest BCUT2D eigenvalue weighted by atomic mass is 32.2. The van der Waals surface area contributed by atoms with E-state index in [0.717, 1.165) is 25.2 Å². The Balaban J connectivity index is 1.79. The van der Waals surface area contributed by atoms with E-state index in [-0.39, 0.29) is 16.8 Å². The Morgan fingerprint density at radius 1 is 1.30 bits per heavy atom. The first-order chi connectivity index (χ1) is 10.9. The first kappa shape index (κ1) is 16.4. The van der Waals surface area contributed by atoms with Gasteiger partial charge in [-0.1, -0.05) is 13.8 Å². The van der Waals surface area contributed by atoms with Crippen molar-refractivity contribution in [3.8, 4) is 0 Å². The van der Waals surface area contributed by atoms with Gasteiger partial charge < -0.3 is 10.2 Å². The van der Waals surface area contributed by atoms with Crippen LogP contribution in [-0.2, 0) is 21.2 Å². The van der Waals surface area contributed by atoms with Gasteiger partial charge in [0, 0.05) is 31.2 Å². The van der Waals surface area contributed by atoms with Crippen molar-refractivity contribution in [2.75, 3.05) is 25.0 Å². The number of sulfonamides is 1. The molecular weight excluding hydrogens is 314 g/mol. The molecular formula is C16H23N3O3S. The molecule has 7 heteroatoms. The van der Waals surface area contributed by atoms with E-state index < -0.39 is 10.0 Å². The number of carbonyl (C=O) groups is 1. The molecule has 1 aromatic rings. The average molecular weight is 337 g/mol. The van der Waals surface area contributed by atoms with E-state index in [9.17, 15) is 13.2 Å². The molecule has 2 aliphatic rings. The molecule has 0 aromatic heterocycles. The molecule has 0 aliphatic carbocycles. The van der Waals surface area contributed by atoms with Crippen LogP contribution in [0.4, 0.5) is 5.69 Å². The number of hydrogen-bond donors (Lipinski definition) is 2. The van der Waals surface area contributed by atoms with Crippen molar-refractivity contribution in [3.05, 3.63) is 23.8 Å². The first-order valence-electron chi connectivity index (χ1n) is 8.06. The molecule has 2 aliphatic heterocycles. The Morgan fingerprint density at radius 2 is 2.09 bits per heavy atom. The highest BCUT2D eigenvalue weighted by Crippen LogP contribution is 2.26. The van der Waals surface area contributed by atoms with Crippen LogP contribution in [0.3, 0.4) is 0 Å². The van der Waals surface area contributed by atoms with Gasteiger partial charge in [-0.2, -0.15) is 0 Å². The van der Waals surface area contributed by atoms with Crippen LogP contribution in [-0.4, -0.2) is 44.9 Å². The third-order valence-corrected chi connectivity index (χ3v) is 6.21. The van der Waals surface area contributed by atoms with Gasteiger partial charge in [0.05, 0.1) is 4.90 Å². The molecule has 0 spiro atoms. The Morgan fingerprint density at radius 3 is 2.78 bits per heavy atom. The van der Waals surface area contributed by atoms with E-state index in [1.165, 1.54) is 0 Å². The number of anilines is 1. The summed E-state index contributed by atoms with van der Waals surface area (Å²) in [5.74, 6) is 0.271. The first-order valence-corrected chi connectivity index (χ1v) is 9.55. The lowest BCUT2D eigenvalue weighted by molar-refractivity contribution is -0.116. The monoisotopic (exact) mass is 337 g/mol. The highest BCUT2D eigenvalue weighted by molar-refractivity contribution is 7.89. The third-order valence-electron chi connectivity index (χ3n) is 4.72. The van der Waals surface area contributed by atoms with Gasteiger partial charge in [0.1, 0.15) is 0 Å². The maximum atomic E-state index is 12.7. The topological polar surface area (TPSA) is 78.5 Å². The predicted octanol–water partition coefficient (Wildman–Crippen LogP) is 1.19. The van der Waals surface area contributed by atoms with Gasteiger partial charge >= 0.3 is 0 Å². The molecule has 3 rings (SSSR count). The van der Waals surface area contributed by atoms with Crippen molar-refractivity contribution in [2.45, 2.75) is 37.6 Å². The van der Waals surface area contributed by atoms with Gasteiger partial charge in [-0.05, 0) is 42.6 Å². The zero-order valence-electron chi connectivity index (χ0n) is 13.5. The van der Waals surface area contributed by atoms with Crippen LogP contribution >= 0.6 is 0 Å². The highest BCUT2D eigenvalue weighted by Gasteiger charge is 2.32. The molecule has 2 atom stereocenters. The molecule has 0 saturated carbocycles. The molecule has 23 heavy (non-hydrogen) atoms. The molecule has 0 unspecified atom stereocenters. The van der Waals surface area contributed by atoms with Crippen molar-refractivity contribution >= 4 is 21.6 Å². The molecule has 1 fully saturated rings. The number of benzene rings is 1. The average Bonchev–Trinajstić information content (AvgIpc) is 2.86. The van der Waals surface area contributed by atoms with Crippen molar-refractivity contribution in [1.29, 1.82) is 0 Å². The van der Waals surface area contributed by atoms with Gasteiger partial charge in [0.25, 0.3) is 0 Å². The molecule has 1 amide bonds. The zero-order valence-corrected chi connectivity index (χ0v) is 14.3.